The van der Waals surface area contributed by atoms with Gasteiger partial charge in [0.05, 0.1) is 13.0 Å². The van der Waals surface area contributed by atoms with Gasteiger partial charge < -0.3 is 20.5 Å². The highest BCUT2D eigenvalue weighted by Crippen LogP contribution is 2.12. The fourth-order valence-electron chi connectivity index (χ4n) is 1.66. The van der Waals surface area contributed by atoms with E-state index in [9.17, 15) is 14.4 Å². The third-order valence-electron chi connectivity index (χ3n) is 2.69. The van der Waals surface area contributed by atoms with Gasteiger partial charge in [-0.15, -0.1) is 0 Å². The molecule has 0 aliphatic rings. The number of nitrogens with one attached hydrogen (secondary N) is 1. The van der Waals surface area contributed by atoms with Crippen LogP contribution in [0.5, 0.6) is 5.75 Å². The largest absolute Gasteiger partial charge is 0.484 e. The van der Waals surface area contributed by atoms with Crippen LogP contribution in [-0.4, -0.2) is 37.0 Å². The molecule has 0 unspecified atom stereocenters. The molecule has 0 heterocycles. The summed E-state index contributed by atoms with van der Waals surface area (Å²) in [6.07, 6.45) is 0.151. The van der Waals surface area contributed by atoms with Gasteiger partial charge in [0.25, 0.3) is 5.91 Å². The maximum absolute atomic E-state index is 11.6. The number of nitrogens with two attached hydrogens (primary N) is 1. The van der Waals surface area contributed by atoms with E-state index in [0.29, 0.717) is 5.75 Å². The van der Waals surface area contributed by atoms with Crippen molar-refractivity contribution in [3.63, 3.8) is 0 Å². The van der Waals surface area contributed by atoms with Crippen molar-refractivity contribution in [2.75, 3.05) is 13.2 Å². The molecule has 22 heavy (non-hydrogen) atoms. The van der Waals surface area contributed by atoms with Gasteiger partial charge in [0, 0.05) is 0 Å². The van der Waals surface area contributed by atoms with E-state index < -0.39 is 23.8 Å². The lowest BCUT2D eigenvalue weighted by molar-refractivity contribution is -0.147. The van der Waals surface area contributed by atoms with Crippen LogP contribution in [-0.2, 0) is 25.5 Å². The molecule has 7 heteroatoms. The van der Waals surface area contributed by atoms with Crippen molar-refractivity contribution < 1.29 is 23.9 Å². The van der Waals surface area contributed by atoms with Gasteiger partial charge in [0.15, 0.2) is 6.61 Å². The highest BCUT2D eigenvalue weighted by molar-refractivity contribution is 5.84. The van der Waals surface area contributed by atoms with Crippen LogP contribution in [0.2, 0.25) is 0 Å². The molecular weight excluding hydrogens is 288 g/mol. The molecule has 0 saturated carbocycles. The van der Waals surface area contributed by atoms with Crippen LogP contribution in [0.4, 0.5) is 0 Å². The predicted molar refractivity (Wildman–Crippen MR) is 79.1 cm³/mol. The van der Waals surface area contributed by atoms with Crippen LogP contribution in [0.25, 0.3) is 0 Å². The lowest BCUT2D eigenvalue weighted by Crippen LogP contribution is -2.41. The van der Waals surface area contributed by atoms with Gasteiger partial charge in [-0.2, -0.15) is 0 Å². The van der Waals surface area contributed by atoms with Gasteiger partial charge in [-0.1, -0.05) is 12.1 Å². The molecule has 0 aromatic heterocycles. The molecule has 120 valence electrons. The average molecular weight is 308 g/mol. The van der Waals surface area contributed by atoms with E-state index in [1.165, 1.54) is 6.92 Å². The monoisotopic (exact) mass is 308 g/mol. The SMILES string of the molecule is CCOC(=O)[C@H](C)NC(=O)COc1ccc(CC(N)=O)cc1. The lowest BCUT2D eigenvalue weighted by Gasteiger charge is -2.13. The number of primary amides is 1. The average Bonchev–Trinajstić information content (AvgIpc) is 2.46. The summed E-state index contributed by atoms with van der Waals surface area (Å²) in [6, 6.07) is 5.94. The molecule has 0 bridgehead atoms. The second-order valence-corrected chi connectivity index (χ2v) is 4.62. The predicted octanol–water partition coefficient (Wildman–Crippen LogP) is 0.161. The van der Waals surface area contributed by atoms with Crippen LogP contribution in [0.3, 0.4) is 0 Å². The Morgan fingerprint density at radius 2 is 1.86 bits per heavy atom. The first-order chi connectivity index (χ1) is 10.4. The third kappa shape index (κ3) is 6.25. The van der Waals surface area contributed by atoms with Gasteiger partial charge in [-0.05, 0) is 31.5 Å². The molecule has 0 fully saturated rings. The first kappa shape index (κ1) is 17.5. The van der Waals surface area contributed by atoms with Crippen LogP contribution < -0.4 is 15.8 Å². The highest BCUT2D eigenvalue weighted by atomic mass is 16.5. The summed E-state index contributed by atoms with van der Waals surface area (Å²) in [5, 5.41) is 2.47. The lowest BCUT2D eigenvalue weighted by atomic mass is 10.1. The smallest absolute Gasteiger partial charge is 0.328 e. The van der Waals surface area contributed by atoms with Gasteiger partial charge >= 0.3 is 5.97 Å². The van der Waals surface area contributed by atoms with Gasteiger partial charge in [0.2, 0.25) is 5.91 Å². The normalized spacial score (nSPS) is 11.4. The van der Waals surface area contributed by atoms with Crippen molar-refractivity contribution in [2.45, 2.75) is 26.3 Å². The van der Waals surface area contributed by atoms with E-state index in [-0.39, 0.29) is 19.6 Å². The van der Waals surface area contributed by atoms with Crippen LogP contribution in [0.15, 0.2) is 24.3 Å². The van der Waals surface area contributed by atoms with Gasteiger partial charge in [-0.3, -0.25) is 9.59 Å². The molecule has 1 atom stereocenters. The quantitative estimate of drug-likeness (QED) is 0.665. The first-order valence-corrected chi connectivity index (χ1v) is 6.88. The fourth-order valence-corrected chi connectivity index (χ4v) is 1.66. The maximum Gasteiger partial charge on any atom is 0.328 e. The van der Waals surface area contributed by atoms with E-state index in [0.717, 1.165) is 5.56 Å². The summed E-state index contributed by atoms with van der Waals surface area (Å²) in [4.78, 5) is 33.8. The molecule has 2 amide bonds. The van der Waals surface area contributed by atoms with E-state index in [2.05, 4.69) is 5.32 Å². The number of hydrogen-bond acceptors (Lipinski definition) is 5. The number of esters is 1. The number of carbonyl (C=O) groups excluding carboxylic acids is 3. The highest BCUT2D eigenvalue weighted by Gasteiger charge is 2.16. The Hall–Kier alpha value is -2.57. The minimum Gasteiger partial charge on any atom is -0.484 e. The molecule has 7 nitrogen and oxygen atoms in total. The topological polar surface area (TPSA) is 108 Å². The molecule has 0 saturated heterocycles. The molecule has 1 aromatic carbocycles. The summed E-state index contributed by atoms with van der Waals surface area (Å²) in [5.41, 5.74) is 5.86. The molecule has 1 rings (SSSR count). The Labute approximate surface area is 128 Å². The van der Waals surface area contributed by atoms with Crippen molar-refractivity contribution in [3.05, 3.63) is 29.8 Å². The Morgan fingerprint density at radius 1 is 1.23 bits per heavy atom. The van der Waals surface area contributed by atoms with Crippen molar-refractivity contribution in [1.29, 1.82) is 0 Å². The summed E-state index contributed by atoms with van der Waals surface area (Å²) in [6.45, 7) is 3.26. The Kier molecular flexibility index (Phi) is 6.88. The first-order valence-electron chi connectivity index (χ1n) is 6.88. The molecule has 3 N–H and O–H groups in total. The third-order valence-corrected chi connectivity index (χ3v) is 2.69. The second kappa shape index (κ2) is 8.66. The van der Waals surface area contributed by atoms with E-state index in [1.54, 1.807) is 31.2 Å². The Balaban J connectivity index is 2.40. The standard InChI is InChI=1S/C15H20N2O5/c1-3-21-15(20)10(2)17-14(19)9-22-12-6-4-11(5-7-12)8-13(16)18/h4-7,10H,3,8-9H2,1-2H3,(H2,16,18)(H,17,19)/t10-/m0/s1. The van der Waals surface area contributed by atoms with E-state index >= 15 is 0 Å². The zero-order valence-electron chi connectivity index (χ0n) is 12.6. The van der Waals surface area contributed by atoms with Gasteiger partial charge in [0.1, 0.15) is 11.8 Å². The van der Waals surface area contributed by atoms with Crippen molar-refractivity contribution in [2.24, 2.45) is 5.73 Å². The van der Waals surface area contributed by atoms with Crippen LogP contribution >= 0.6 is 0 Å². The minimum absolute atomic E-state index is 0.151. The zero-order valence-corrected chi connectivity index (χ0v) is 12.6. The second-order valence-electron chi connectivity index (χ2n) is 4.62. The number of hydrogen-bond donors (Lipinski definition) is 2. The Morgan fingerprint density at radius 3 is 2.41 bits per heavy atom. The summed E-state index contributed by atoms with van der Waals surface area (Å²) < 4.78 is 10.1. The van der Waals surface area contributed by atoms with Crippen molar-refractivity contribution in [1.82, 2.24) is 5.32 Å². The van der Waals surface area contributed by atoms with Crippen LogP contribution in [0, 0.1) is 0 Å². The molecule has 1 aromatic rings. The molecule has 0 aliphatic heterocycles. The van der Waals surface area contributed by atoms with E-state index in [4.69, 9.17) is 15.2 Å². The number of benzene rings is 1. The van der Waals surface area contributed by atoms with Crippen LogP contribution in [0.1, 0.15) is 19.4 Å². The molecular formula is C15H20N2O5. The number of amides is 2. The minimum atomic E-state index is -0.728. The number of ether oxygens (including phenoxy) is 2. The maximum atomic E-state index is 11.6. The molecule has 0 radical (unpaired) electrons. The van der Waals surface area contributed by atoms with E-state index in [1.807, 2.05) is 0 Å². The zero-order chi connectivity index (χ0) is 16.5. The summed E-state index contributed by atoms with van der Waals surface area (Å²) >= 11 is 0. The van der Waals surface area contributed by atoms with Gasteiger partial charge in [-0.25, -0.2) is 4.79 Å². The molecule has 0 spiro atoms. The number of carbonyl (C=O) groups is 3. The number of rotatable bonds is 8. The summed E-state index contributed by atoms with van der Waals surface area (Å²) in [7, 11) is 0. The Bertz CT molecular complexity index is 527. The van der Waals surface area contributed by atoms with Crippen molar-refractivity contribution in [3.8, 4) is 5.75 Å². The molecule has 0 aliphatic carbocycles. The fraction of sp³-hybridized carbons (Fsp3) is 0.400. The van der Waals surface area contributed by atoms with Crippen molar-refractivity contribution >= 4 is 17.8 Å². The summed E-state index contributed by atoms with van der Waals surface area (Å²) in [5.74, 6) is -0.860.